The first kappa shape index (κ1) is 25.2. The van der Waals surface area contributed by atoms with Crippen LogP contribution >= 0.6 is 45.3 Å². The fourth-order valence-corrected chi connectivity index (χ4v) is 8.58. The molecular formula is C29H21CsS4. The van der Waals surface area contributed by atoms with Crippen molar-refractivity contribution in [1.82, 2.24) is 0 Å². The molecule has 0 aliphatic heterocycles. The van der Waals surface area contributed by atoms with Gasteiger partial charge >= 0.3 is 68.9 Å². The summed E-state index contributed by atoms with van der Waals surface area (Å²) in [6, 6.07) is 27.8. The van der Waals surface area contributed by atoms with E-state index >= 15 is 0 Å². The van der Waals surface area contributed by atoms with Gasteiger partial charge in [-0.3, -0.25) is 0 Å². The molecule has 0 spiro atoms. The molecule has 0 unspecified atom stereocenters. The van der Waals surface area contributed by atoms with Crippen LogP contribution in [0.4, 0.5) is 0 Å². The summed E-state index contributed by atoms with van der Waals surface area (Å²) in [6.07, 6.45) is 8.93. The molecule has 0 amide bonds. The Morgan fingerprint density at radius 2 is 1.47 bits per heavy atom. The summed E-state index contributed by atoms with van der Waals surface area (Å²) in [7, 11) is 0. The molecular weight excluding hydrogens is 609 g/mol. The Morgan fingerprint density at radius 3 is 2.24 bits per heavy atom. The second kappa shape index (κ2) is 11.3. The van der Waals surface area contributed by atoms with Crippen molar-refractivity contribution >= 4 is 50.9 Å². The molecule has 0 nitrogen and oxygen atoms in total. The van der Waals surface area contributed by atoms with Crippen LogP contribution in [-0.4, -0.2) is 0 Å². The topological polar surface area (TPSA) is 0 Å². The van der Waals surface area contributed by atoms with E-state index in [1.807, 2.05) is 45.3 Å². The van der Waals surface area contributed by atoms with E-state index in [0.29, 0.717) is 0 Å². The molecule has 0 fully saturated rings. The third kappa shape index (κ3) is 5.30. The molecule has 162 valence electrons. The van der Waals surface area contributed by atoms with Crippen molar-refractivity contribution < 1.29 is 68.9 Å². The van der Waals surface area contributed by atoms with Gasteiger partial charge in [0, 0.05) is 24.4 Å². The quantitative estimate of drug-likeness (QED) is 0.177. The Bertz CT molecular complexity index is 1470. The van der Waals surface area contributed by atoms with Crippen molar-refractivity contribution in [2.45, 2.75) is 19.8 Å². The zero-order valence-corrected chi connectivity index (χ0v) is 28.7. The molecule has 5 aromatic rings. The standard InChI is InChI=1S/C29H21S4.Cs/c1-19-18-28(21-10-6-3-7-11-21)33-29(19)27-17-16-26(32-27)25-15-14-24(31-25)23-13-12-22(30-23)20-8-4-2-5-9-20;/h2-4,6-8,10-12,14-18H,5,9H2,1H3;/q-1;+1. The van der Waals surface area contributed by atoms with Crippen molar-refractivity contribution in [1.29, 1.82) is 0 Å². The van der Waals surface area contributed by atoms with Gasteiger partial charge in [-0.25, -0.2) is 22.7 Å². The van der Waals surface area contributed by atoms with E-state index in [4.69, 9.17) is 0 Å². The van der Waals surface area contributed by atoms with Crippen LogP contribution in [0.5, 0.6) is 0 Å². The molecule has 4 heterocycles. The van der Waals surface area contributed by atoms with Crippen LogP contribution in [0, 0.1) is 13.0 Å². The third-order valence-corrected chi connectivity index (χ3v) is 10.9. The number of thiophene rings is 4. The molecule has 1 aliphatic rings. The van der Waals surface area contributed by atoms with Crippen LogP contribution in [0.3, 0.4) is 0 Å². The zero-order valence-electron chi connectivity index (χ0n) is 19.1. The summed E-state index contributed by atoms with van der Waals surface area (Å²) < 4.78 is 0. The van der Waals surface area contributed by atoms with E-state index in [1.54, 1.807) is 0 Å². The van der Waals surface area contributed by atoms with E-state index in [9.17, 15) is 0 Å². The van der Waals surface area contributed by atoms with Gasteiger partial charge in [-0.1, -0.05) is 80.9 Å². The molecule has 0 atom stereocenters. The second-order valence-electron chi connectivity index (χ2n) is 8.06. The third-order valence-electron chi connectivity index (χ3n) is 5.76. The van der Waals surface area contributed by atoms with Crippen molar-refractivity contribution in [2.24, 2.45) is 0 Å². The van der Waals surface area contributed by atoms with Crippen LogP contribution in [-0.2, 0) is 0 Å². The second-order valence-corrected chi connectivity index (χ2v) is 12.3. The van der Waals surface area contributed by atoms with Gasteiger partial charge in [-0.2, -0.15) is 12.1 Å². The molecule has 4 aromatic heterocycles. The molecule has 34 heavy (non-hydrogen) atoms. The van der Waals surface area contributed by atoms with Crippen LogP contribution in [0.25, 0.3) is 45.3 Å². The van der Waals surface area contributed by atoms with Crippen molar-refractivity contribution in [3.05, 3.63) is 101 Å². The average molecular weight is 631 g/mol. The molecule has 5 heteroatoms. The maximum Gasteiger partial charge on any atom is 1.00 e. The summed E-state index contributed by atoms with van der Waals surface area (Å²) in [5, 5.41) is 0. The van der Waals surface area contributed by atoms with Crippen molar-refractivity contribution in [3.8, 4) is 39.7 Å². The maximum absolute atomic E-state index is 3.51. The Hall–Kier alpha value is -0.448. The first-order chi connectivity index (χ1) is 16.2. The Kier molecular flexibility index (Phi) is 8.38. The van der Waals surface area contributed by atoms with Gasteiger partial charge in [0.15, 0.2) is 0 Å². The number of benzene rings is 1. The van der Waals surface area contributed by atoms with Crippen LogP contribution < -0.4 is 68.9 Å². The monoisotopic (exact) mass is 630 g/mol. The largest absolute Gasteiger partial charge is 1.00 e. The summed E-state index contributed by atoms with van der Waals surface area (Å²) >= 11 is 7.53. The fourth-order valence-electron chi connectivity index (χ4n) is 4.04. The predicted molar refractivity (Wildman–Crippen MR) is 150 cm³/mol. The van der Waals surface area contributed by atoms with Crippen LogP contribution in [0.1, 0.15) is 23.3 Å². The van der Waals surface area contributed by atoms with Crippen molar-refractivity contribution in [3.63, 3.8) is 0 Å². The van der Waals surface area contributed by atoms with Gasteiger partial charge in [0.1, 0.15) is 0 Å². The molecule has 1 aromatic carbocycles. The Balaban J connectivity index is 0.00000241. The molecule has 0 saturated carbocycles. The van der Waals surface area contributed by atoms with Gasteiger partial charge in [0.2, 0.25) is 0 Å². The normalized spacial score (nSPS) is 13.0. The first-order valence-electron chi connectivity index (χ1n) is 11.0. The number of hydrogen-bond acceptors (Lipinski definition) is 4. The van der Waals surface area contributed by atoms with E-state index in [0.717, 1.165) is 12.8 Å². The SMILES string of the molecule is Cc1cc(-c2ccccc2)sc1-c1ccc(-c2ccc(-c3[c-]cc(C4=CC=CCC4)s3)s2)s1.[Cs+]. The minimum Gasteiger partial charge on any atom is -0.230 e. The average Bonchev–Trinajstić information content (AvgIpc) is 3.66. The molecule has 6 rings (SSSR count). The Labute approximate surface area is 276 Å². The van der Waals surface area contributed by atoms with Gasteiger partial charge in [-0.05, 0) is 49.1 Å². The Morgan fingerprint density at radius 1 is 0.735 bits per heavy atom. The summed E-state index contributed by atoms with van der Waals surface area (Å²) in [5.74, 6) is 0. The molecule has 0 bridgehead atoms. The van der Waals surface area contributed by atoms with Gasteiger partial charge < -0.3 is 0 Å². The van der Waals surface area contributed by atoms with E-state index in [-0.39, 0.29) is 68.9 Å². The summed E-state index contributed by atoms with van der Waals surface area (Å²) in [4.78, 5) is 10.7. The van der Waals surface area contributed by atoms with E-state index in [2.05, 4.69) is 97.9 Å². The van der Waals surface area contributed by atoms with Crippen LogP contribution in [0.2, 0.25) is 0 Å². The van der Waals surface area contributed by atoms with Gasteiger partial charge in [0.05, 0.1) is 0 Å². The molecule has 0 saturated heterocycles. The van der Waals surface area contributed by atoms with E-state index < -0.39 is 0 Å². The summed E-state index contributed by atoms with van der Waals surface area (Å²) in [6.45, 7) is 2.22. The molecule has 0 radical (unpaired) electrons. The summed E-state index contributed by atoms with van der Waals surface area (Å²) in [5.41, 5.74) is 4.08. The molecule has 0 N–H and O–H groups in total. The number of hydrogen-bond donors (Lipinski definition) is 0. The number of rotatable bonds is 5. The van der Waals surface area contributed by atoms with E-state index in [1.165, 1.54) is 55.7 Å². The predicted octanol–water partition coefficient (Wildman–Crippen LogP) is 7.45. The minimum atomic E-state index is 0. The first-order valence-corrected chi connectivity index (χ1v) is 14.3. The van der Waals surface area contributed by atoms with Gasteiger partial charge in [0.25, 0.3) is 0 Å². The minimum absolute atomic E-state index is 0. The molecule has 1 aliphatic carbocycles. The zero-order chi connectivity index (χ0) is 22.2. The van der Waals surface area contributed by atoms with Crippen molar-refractivity contribution in [2.75, 3.05) is 0 Å². The number of aryl methyl sites for hydroxylation is 1. The van der Waals surface area contributed by atoms with Gasteiger partial charge in [-0.15, -0.1) is 22.7 Å². The maximum atomic E-state index is 3.51. The fraction of sp³-hybridized carbons (Fsp3) is 0.103. The smallest absolute Gasteiger partial charge is 0.230 e. The number of allylic oxidation sites excluding steroid dienone is 4. The van der Waals surface area contributed by atoms with Crippen LogP contribution in [0.15, 0.2) is 85.0 Å².